The van der Waals surface area contributed by atoms with Gasteiger partial charge in [-0.25, -0.2) is 18.1 Å². The molecule has 6 nitrogen and oxygen atoms in total. The second-order valence-corrected chi connectivity index (χ2v) is 9.98. The van der Waals surface area contributed by atoms with E-state index in [1.54, 1.807) is 30.9 Å². The molecule has 0 aliphatic carbocycles. The van der Waals surface area contributed by atoms with E-state index in [-0.39, 0.29) is 0 Å². The minimum Gasteiger partial charge on any atom is -0.282 e. The third-order valence-corrected chi connectivity index (χ3v) is 7.28. The summed E-state index contributed by atoms with van der Waals surface area (Å²) in [5.74, 6) is 0. The number of nitrogens with zero attached hydrogens (tertiary/aromatic N) is 3. The highest BCUT2D eigenvalue weighted by atomic mass is 32.2. The normalized spacial score (nSPS) is 11.7. The van der Waals surface area contributed by atoms with Crippen molar-refractivity contribution >= 4 is 27.0 Å². The second kappa shape index (κ2) is 7.81. The summed E-state index contributed by atoms with van der Waals surface area (Å²) in [5.41, 5.74) is 4.72. The molecule has 4 rings (SSSR count). The van der Waals surface area contributed by atoms with Gasteiger partial charge in [0.05, 0.1) is 21.5 Å². The number of nitrogens with one attached hydrogen (secondary N) is 1. The maximum atomic E-state index is 12.2. The van der Waals surface area contributed by atoms with Gasteiger partial charge >= 0.3 is 0 Å². The number of thiophene rings is 1. The number of hydrogen-bond acceptors (Lipinski definition) is 5. The number of aromatic nitrogens is 3. The fourth-order valence-electron chi connectivity index (χ4n) is 2.85. The lowest BCUT2D eigenvalue weighted by atomic mass is 10.0. The Labute approximate surface area is 173 Å². The fraction of sp³-hybridized carbons (Fsp3) is 0.143. The smallest absolute Gasteiger partial charge is 0.235 e. The molecule has 2 aromatic heterocycles. The van der Waals surface area contributed by atoms with E-state index in [0.29, 0.717) is 5.69 Å². The first kappa shape index (κ1) is 19.4. The van der Waals surface area contributed by atoms with Gasteiger partial charge in [0, 0.05) is 0 Å². The third-order valence-electron chi connectivity index (χ3n) is 4.57. The van der Waals surface area contributed by atoms with Crippen molar-refractivity contribution < 1.29 is 8.42 Å². The number of anilines is 1. The third kappa shape index (κ3) is 4.08. The predicted octanol–water partition coefficient (Wildman–Crippen LogP) is 4.81. The summed E-state index contributed by atoms with van der Waals surface area (Å²) in [4.78, 5) is 4.87. The summed E-state index contributed by atoms with van der Waals surface area (Å²) in [7, 11) is -3.38. The van der Waals surface area contributed by atoms with Crippen LogP contribution in [0.15, 0.2) is 72.6 Å². The van der Waals surface area contributed by atoms with Crippen LogP contribution in [0.1, 0.15) is 13.8 Å². The molecule has 4 aromatic rings. The van der Waals surface area contributed by atoms with E-state index in [1.165, 1.54) is 17.7 Å². The van der Waals surface area contributed by atoms with Crippen LogP contribution in [0.5, 0.6) is 0 Å². The van der Waals surface area contributed by atoms with Crippen LogP contribution < -0.4 is 4.72 Å². The van der Waals surface area contributed by atoms with E-state index in [9.17, 15) is 8.42 Å². The molecule has 0 radical (unpaired) electrons. The van der Waals surface area contributed by atoms with Crippen LogP contribution in [0.2, 0.25) is 0 Å². The predicted molar refractivity (Wildman–Crippen MR) is 118 cm³/mol. The van der Waals surface area contributed by atoms with Gasteiger partial charge in [-0.2, -0.15) is 5.10 Å². The van der Waals surface area contributed by atoms with Crippen molar-refractivity contribution in [2.24, 2.45) is 0 Å². The first-order valence-electron chi connectivity index (χ1n) is 9.09. The highest BCUT2D eigenvalue weighted by Gasteiger charge is 2.18. The first-order chi connectivity index (χ1) is 13.9. The van der Waals surface area contributed by atoms with Crippen LogP contribution >= 0.6 is 11.3 Å². The number of hydrogen-bond donors (Lipinski definition) is 1. The molecule has 0 unspecified atom stereocenters. The van der Waals surface area contributed by atoms with Gasteiger partial charge in [0.2, 0.25) is 10.0 Å². The molecule has 0 aliphatic heterocycles. The largest absolute Gasteiger partial charge is 0.282 e. The standard InChI is InChI=1S/C21H20N4O2S2/c1-15(2)29(26,27)24-20-11-12-28-21(20)18-5-3-16(4-6-18)17-7-9-19(10-8-17)25-14-22-13-23-25/h3-15,24H,1-2H3. The molecule has 0 atom stereocenters. The molecule has 2 heterocycles. The molecule has 0 amide bonds. The fourth-order valence-corrected chi connectivity index (χ4v) is 4.48. The molecule has 1 N–H and O–H groups in total. The topological polar surface area (TPSA) is 76.9 Å². The Morgan fingerprint density at radius 1 is 0.931 bits per heavy atom. The van der Waals surface area contributed by atoms with Gasteiger partial charge in [-0.3, -0.25) is 4.72 Å². The highest BCUT2D eigenvalue weighted by Crippen LogP contribution is 2.35. The van der Waals surface area contributed by atoms with E-state index >= 15 is 0 Å². The van der Waals surface area contributed by atoms with Gasteiger partial charge in [-0.05, 0) is 54.1 Å². The van der Waals surface area contributed by atoms with E-state index in [2.05, 4.69) is 14.8 Å². The summed E-state index contributed by atoms with van der Waals surface area (Å²) in [6.07, 6.45) is 3.17. The van der Waals surface area contributed by atoms with Gasteiger partial charge in [-0.15, -0.1) is 11.3 Å². The summed E-state index contributed by atoms with van der Waals surface area (Å²) in [6.45, 7) is 3.33. The monoisotopic (exact) mass is 424 g/mol. The number of rotatable bonds is 6. The zero-order valence-electron chi connectivity index (χ0n) is 16.0. The van der Waals surface area contributed by atoms with Crippen LogP contribution in [0.25, 0.3) is 27.3 Å². The highest BCUT2D eigenvalue weighted by molar-refractivity contribution is 7.93. The average molecular weight is 425 g/mol. The molecule has 148 valence electrons. The van der Waals surface area contributed by atoms with Crippen molar-refractivity contribution in [3.05, 3.63) is 72.6 Å². The van der Waals surface area contributed by atoms with Crippen molar-refractivity contribution in [1.29, 1.82) is 0 Å². The molecule has 0 aliphatic rings. The number of sulfonamides is 1. The Morgan fingerprint density at radius 3 is 2.14 bits per heavy atom. The lowest BCUT2D eigenvalue weighted by molar-refractivity contribution is 0.593. The van der Waals surface area contributed by atoms with E-state index in [4.69, 9.17) is 0 Å². The van der Waals surface area contributed by atoms with Crippen LogP contribution in [0, 0.1) is 0 Å². The Bertz CT molecular complexity index is 1190. The summed E-state index contributed by atoms with van der Waals surface area (Å²) < 4.78 is 28.8. The lowest BCUT2D eigenvalue weighted by Gasteiger charge is -2.12. The quantitative estimate of drug-likeness (QED) is 0.482. The lowest BCUT2D eigenvalue weighted by Crippen LogP contribution is -2.22. The van der Waals surface area contributed by atoms with E-state index < -0.39 is 15.3 Å². The van der Waals surface area contributed by atoms with Gasteiger partial charge in [-0.1, -0.05) is 36.4 Å². The van der Waals surface area contributed by atoms with Crippen LogP contribution in [-0.4, -0.2) is 28.4 Å². The maximum Gasteiger partial charge on any atom is 0.235 e. The van der Waals surface area contributed by atoms with Crippen molar-refractivity contribution in [1.82, 2.24) is 14.8 Å². The van der Waals surface area contributed by atoms with Gasteiger partial charge in [0.1, 0.15) is 12.7 Å². The Kier molecular flexibility index (Phi) is 5.21. The molecule has 0 saturated heterocycles. The van der Waals surface area contributed by atoms with E-state index in [1.807, 2.05) is 53.9 Å². The second-order valence-electron chi connectivity index (χ2n) is 6.82. The zero-order chi connectivity index (χ0) is 20.4. The van der Waals surface area contributed by atoms with Crippen molar-refractivity contribution in [3.8, 4) is 27.3 Å². The Morgan fingerprint density at radius 2 is 1.55 bits per heavy atom. The molecule has 0 spiro atoms. The number of benzene rings is 2. The minimum atomic E-state index is -3.38. The van der Waals surface area contributed by atoms with Gasteiger partial charge in [0.15, 0.2) is 0 Å². The van der Waals surface area contributed by atoms with Crippen molar-refractivity contribution in [3.63, 3.8) is 0 Å². The van der Waals surface area contributed by atoms with Crippen LogP contribution in [0.4, 0.5) is 5.69 Å². The van der Waals surface area contributed by atoms with Gasteiger partial charge < -0.3 is 0 Å². The van der Waals surface area contributed by atoms with Crippen LogP contribution in [-0.2, 0) is 10.0 Å². The Balaban J connectivity index is 1.57. The van der Waals surface area contributed by atoms with Crippen molar-refractivity contribution in [2.45, 2.75) is 19.1 Å². The minimum absolute atomic E-state index is 0.488. The maximum absolute atomic E-state index is 12.2. The first-order valence-corrected chi connectivity index (χ1v) is 11.5. The molecule has 29 heavy (non-hydrogen) atoms. The molecule has 2 aromatic carbocycles. The zero-order valence-corrected chi connectivity index (χ0v) is 17.6. The van der Waals surface area contributed by atoms with Crippen molar-refractivity contribution in [2.75, 3.05) is 4.72 Å². The average Bonchev–Trinajstić information content (AvgIpc) is 3.40. The molecule has 0 fully saturated rings. The summed E-state index contributed by atoms with van der Waals surface area (Å²) in [6, 6.07) is 18.0. The molecule has 0 saturated carbocycles. The SMILES string of the molecule is CC(C)S(=O)(=O)Nc1ccsc1-c1ccc(-c2ccc(-n3cncn3)cc2)cc1. The molecule has 0 bridgehead atoms. The molecular weight excluding hydrogens is 404 g/mol. The molecular formula is C21H20N4O2S2. The molecule has 8 heteroatoms. The summed E-state index contributed by atoms with van der Waals surface area (Å²) >= 11 is 1.51. The summed E-state index contributed by atoms with van der Waals surface area (Å²) in [5, 5.41) is 5.54. The van der Waals surface area contributed by atoms with E-state index in [0.717, 1.165) is 27.3 Å². The Hall–Kier alpha value is -2.97. The van der Waals surface area contributed by atoms with Gasteiger partial charge in [0.25, 0.3) is 0 Å². The van der Waals surface area contributed by atoms with Crippen LogP contribution in [0.3, 0.4) is 0 Å².